The molecule has 10 rings (SSSR count). The molecule has 0 aliphatic carbocycles. The van der Waals surface area contributed by atoms with Gasteiger partial charge in [0.1, 0.15) is 5.65 Å². The molecule has 3 heterocycles. The summed E-state index contributed by atoms with van der Waals surface area (Å²) in [6.45, 7) is 0. The average molecular weight is 625 g/mol. The number of hydrogen-bond donors (Lipinski definition) is 0. The van der Waals surface area contributed by atoms with Gasteiger partial charge < -0.3 is 4.40 Å². The van der Waals surface area contributed by atoms with Crippen LogP contribution in [0.2, 0.25) is 0 Å². The van der Waals surface area contributed by atoms with Crippen LogP contribution in [0.5, 0.6) is 0 Å². The van der Waals surface area contributed by atoms with E-state index in [4.69, 9.17) is 15.0 Å². The van der Waals surface area contributed by atoms with Crippen molar-refractivity contribution in [1.82, 2.24) is 19.4 Å². The third-order valence-corrected chi connectivity index (χ3v) is 9.62. The number of rotatable bonds is 4. The lowest BCUT2D eigenvalue weighted by Gasteiger charge is -2.15. The zero-order valence-electron chi connectivity index (χ0n) is 26.5. The van der Waals surface area contributed by atoms with E-state index in [0.717, 1.165) is 45.0 Å². The zero-order chi connectivity index (χ0) is 32.3. The van der Waals surface area contributed by atoms with Crippen molar-refractivity contribution in [3.63, 3.8) is 0 Å². The first-order valence-corrected chi connectivity index (χ1v) is 16.5. The molecule has 0 radical (unpaired) electrons. The van der Waals surface area contributed by atoms with Crippen molar-refractivity contribution in [3.8, 4) is 45.2 Å². The molecule has 0 spiro atoms. The highest BCUT2D eigenvalue weighted by molar-refractivity contribution is 6.15. The number of aromatic nitrogens is 4. The van der Waals surface area contributed by atoms with E-state index < -0.39 is 0 Å². The van der Waals surface area contributed by atoms with E-state index in [9.17, 15) is 0 Å². The average Bonchev–Trinajstić information content (AvgIpc) is 3.62. The molecule has 3 aromatic heterocycles. The van der Waals surface area contributed by atoms with Crippen LogP contribution >= 0.6 is 0 Å². The van der Waals surface area contributed by atoms with Crippen molar-refractivity contribution in [1.29, 1.82) is 0 Å². The van der Waals surface area contributed by atoms with Crippen LogP contribution in [0.15, 0.2) is 170 Å². The molecule has 0 aliphatic heterocycles. The van der Waals surface area contributed by atoms with Crippen molar-refractivity contribution in [3.05, 3.63) is 170 Å². The monoisotopic (exact) mass is 624 g/mol. The summed E-state index contributed by atoms with van der Waals surface area (Å²) in [4.78, 5) is 15.4. The first kappa shape index (κ1) is 27.5. The van der Waals surface area contributed by atoms with Crippen LogP contribution in [0.4, 0.5) is 0 Å². The molecule has 228 valence electrons. The van der Waals surface area contributed by atoms with E-state index in [1.807, 2.05) is 28.8 Å². The van der Waals surface area contributed by atoms with Crippen molar-refractivity contribution in [2.75, 3.05) is 0 Å². The van der Waals surface area contributed by atoms with Gasteiger partial charge in [-0.3, -0.25) is 0 Å². The second-order valence-electron chi connectivity index (χ2n) is 12.5. The largest absolute Gasteiger partial charge is 0.306 e. The molecule has 0 unspecified atom stereocenters. The molecule has 4 heteroatoms. The smallest absolute Gasteiger partial charge is 0.160 e. The summed E-state index contributed by atoms with van der Waals surface area (Å²) in [5, 5.41) is 9.61. The van der Waals surface area contributed by atoms with Gasteiger partial charge in [0.2, 0.25) is 0 Å². The minimum atomic E-state index is 0.684. The quantitative estimate of drug-likeness (QED) is 0.183. The highest BCUT2D eigenvalue weighted by atomic mass is 15.0. The second kappa shape index (κ2) is 11.0. The van der Waals surface area contributed by atoms with Crippen LogP contribution in [-0.4, -0.2) is 19.4 Å². The van der Waals surface area contributed by atoms with Crippen LogP contribution in [0.1, 0.15) is 0 Å². The number of pyridine rings is 1. The maximum absolute atomic E-state index is 5.31. The first-order chi connectivity index (χ1) is 24.3. The summed E-state index contributed by atoms with van der Waals surface area (Å²) in [7, 11) is 0. The number of hydrogen-bond acceptors (Lipinski definition) is 3. The lowest BCUT2D eigenvalue weighted by Crippen LogP contribution is -1.97. The van der Waals surface area contributed by atoms with Gasteiger partial charge in [0.25, 0.3) is 0 Å². The van der Waals surface area contributed by atoms with Crippen molar-refractivity contribution in [2.24, 2.45) is 0 Å². The van der Waals surface area contributed by atoms with Gasteiger partial charge >= 0.3 is 0 Å². The molecule has 4 nitrogen and oxygen atoms in total. The fourth-order valence-electron chi connectivity index (χ4n) is 7.25. The lowest BCUT2D eigenvalue weighted by molar-refractivity contribution is 1.19. The minimum absolute atomic E-state index is 0.684. The number of imidazole rings is 1. The molecule has 0 saturated carbocycles. The number of nitrogens with zero attached hydrogens (tertiary/aromatic N) is 4. The summed E-state index contributed by atoms with van der Waals surface area (Å²) < 4.78 is 2.05. The van der Waals surface area contributed by atoms with Crippen LogP contribution in [-0.2, 0) is 0 Å². The summed E-state index contributed by atoms with van der Waals surface area (Å²) in [5.41, 5.74) is 7.81. The van der Waals surface area contributed by atoms with Gasteiger partial charge in [-0.25, -0.2) is 15.0 Å². The van der Waals surface area contributed by atoms with Gasteiger partial charge in [-0.2, -0.15) is 0 Å². The first-order valence-electron chi connectivity index (χ1n) is 16.5. The van der Waals surface area contributed by atoms with Crippen molar-refractivity contribution in [2.45, 2.75) is 0 Å². The van der Waals surface area contributed by atoms with Crippen LogP contribution in [0.25, 0.3) is 93.9 Å². The van der Waals surface area contributed by atoms with E-state index in [-0.39, 0.29) is 0 Å². The standard InChI is InChI=1S/C45H28N4/c1-3-13-33-31(11-1)25-39(37-17-7-5-15-35(33)37)41-27-42(40-26-32-12-2-4-14-34(32)36-16-6-8-18-38(36)40)48-45(47-41)30-22-20-29(21-23-30)43-28-49-24-10-9-19-44(49)46-43/h1-28H. The van der Waals surface area contributed by atoms with E-state index in [1.165, 1.54) is 43.1 Å². The van der Waals surface area contributed by atoms with Crippen molar-refractivity contribution < 1.29 is 0 Å². The second-order valence-corrected chi connectivity index (χ2v) is 12.5. The third-order valence-electron chi connectivity index (χ3n) is 9.62. The molecule has 0 fully saturated rings. The fourth-order valence-corrected chi connectivity index (χ4v) is 7.25. The van der Waals surface area contributed by atoms with E-state index in [1.54, 1.807) is 0 Å². The maximum atomic E-state index is 5.31. The van der Waals surface area contributed by atoms with E-state index in [2.05, 4.69) is 146 Å². The Morgan fingerprint density at radius 3 is 1.43 bits per heavy atom. The predicted molar refractivity (Wildman–Crippen MR) is 203 cm³/mol. The van der Waals surface area contributed by atoms with Gasteiger partial charge in [-0.05, 0) is 73.4 Å². The summed E-state index contributed by atoms with van der Waals surface area (Å²) in [6, 6.07) is 55.7. The Balaban J connectivity index is 1.22. The number of benzene rings is 7. The predicted octanol–water partition coefficient (Wildman–Crippen LogP) is 11.4. The Morgan fingerprint density at radius 2 is 0.857 bits per heavy atom. The molecule has 10 aromatic rings. The van der Waals surface area contributed by atoms with Gasteiger partial charge in [-0.1, -0.05) is 127 Å². The normalized spacial score (nSPS) is 11.7. The minimum Gasteiger partial charge on any atom is -0.306 e. The molecule has 49 heavy (non-hydrogen) atoms. The van der Waals surface area contributed by atoms with Crippen LogP contribution in [0, 0.1) is 0 Å². The molecule has 0 aliphatic rings. The fraction of sp³-hybridized carbons (Fsp3) is 0. The topological polar surface area (TPSA) is 43.1 Å². The Labute approximate surface area is 282 Å². The van der Waals surface area contributed by atoms with E-state index in [0.29, 0.717) is 5.82 Å². The summed E-state index contributed by atoms with van der Waals surface area (Å²) in [6.07, 6.45) is 4.09. The highest BCUT2D eigenvalue weighted by Gasteiger charge is 2.17. The van der Waals surface area contributed by atoms with E-state index >= 15 is 0 Å². The van der Waals surface area contributed by atoms with Gasteiger partial charge in [0.15, 0.2) is 5.82 Å². The third kappa shape index (κ3) is 4.57. The molecular formula is C45H28N4. The molecule has 0 N–H and O–H groups in total. The Hall–Kier alpha value is -6.65. The van der Waals surface area contributed by atoms with Gasteiger partial charge in [-0.15, -0.1) is 0 Å². The molecule has 0 amide bonds. The number of fused-ring (bicyclic) bond motifs is 7. The maximum Gasteiger partial charge on any atom is 0.160 e. The molecular weight excluding hydrogens is 597 g/mol. The van der Waals surface area contributed by atoms with Crippen LogP contribution in [0.3, 0.4) is 0 Å². The summed E-state index contributed by atoms with van der Waals surface area (Å²) >= 11 is 0. The Morgan fingerprint density at radius 1 is 0.367 bits per heavy atom. The lowest BCUT2D eigenvalue weighted by atomic mass is 9.93. The zero-order valence-corrected chi connectivity index (χ0v) is 26.5. The Kier molecular flexibility index (Phi) is 6.15. The molecule has 0 atom stereocenters. The summed E-state index contributed by atoms with van der Waals surface area (Å²) in [5.74, 6) is 0.684. The van der Waals surface area contributed by atoms with Gasteiger partial charge in [0.05, 0.1) is 17.1 Å². The van der Waals surface area contributed by atoms with Gasteiger partial charge in [0, 0.05) is 34.6 Å². The SMILES string of the molecule is c1ccc2c(c1)cc(-c1cc(-c3cc4ccccc4c4ccccc34)nc(-c3ccc(-c4cn5ccccc5n4)cc3)n1)c1ccccc12. The molecule has 0 saturated heterocycles. The molecule has 0 bridgehead atoms. The van der Waals surface area contributed by atoms with Crippen LogP contribution < -0.4 is 0 Å². The molecule has 7 aromatic carbocycles. The Bertz CT molecular complexity index is 2710. The van der Waals surface area contributed by atoms with Crippen molar-refractivity contribution >= 4 is 48.7 Å². The highest BCUT2D eigenvalue weighted by Crippen LogP contribution is 2.39.